The number of methoxy groups -OCH3 is 1. The Hall–Kier alpha value is -3.54. The third kappa shape index (κ3) is 4.38. The molecule has 0 spiro atoms. The first-order chi connectivity index (χ1) is 15.6. The average molecular weight is 457 g/mol. The number of nitriles is 1. The van der Waals surface area contributed by atoms with Crippen LogP contribution in [0.3, 0.4) is 0 Å². The van der Waals surface area contributed by atoms with Crippen LogP contribution >= 0.6 is 0 Å². The summed E-state index contributed by atoms with van der Waals surface area (Å²) in [7, 11) is 1.32. The molecule has 3 aromatic rings. The number of ketones is 1. The summed E-state index contributed by atoms with van der Waals surface area (Å²) >= 11 is 0. The predicted molar refractivity (Wildman–Crippen MR) is 114 cm³/mol. The minimum Gasteiger partial charge on any atom is -0.496 e. The molecule has 1 aliphatic carbocycles. The number of alkyl halides is 3. The molecule has 0 bridgehead atoms. The second-order valence-electron chi connectivity index (χ2n) is 8.59. The number of hydrogen-bond donors (Lipinski definition) is 0. The summed E-state index contributed by atoms with van der Waals surface area (Å²) in [5.74, 6) is -1.20. The van der Waals surface area contributed by atoms with E-state index in [0.717, 1.165) is 5.56 Å². The van der Waals surface area contributed by atoms with Crippen LogP contribution in [0.25, 0.3) is 16.9 Å². The van der Waals surface area contributed by atoms with E-state index < -0.39 is 29.9 Å². The number of Topliss-reactive ketones (excluding diaryl/α,β-unsaturated/α-hetero) is 1. The standard InChI is InChI=1S/C24H22F3N3O3/c1-24(2,12-28)15-4-5-30-17(11-29-21(30)10-15)14-8-19(32-3)22(20(9-14)33-23(26)27)18(31)7-13-6-16(13)25/h4-5,8-11,13,16,23H,6-7H2,1-3H3/t13-,16+/m1/s1. The highest BCUT2D eigenvalue weighted by molar-refractivity contribution is 6.02. The van der Waals surface area contributed by atoms with Gasteiger partial charge in [0.25, 0.3) is 0 Å². The summed E-state index contributed by atoms with van der Waals surface area (Å²) in [6.07, 6.45) is 2.42. The van der Waals surface area contributed by atoms with Gasteiger partial charge in [0.2, 0.25) is 0 Å². The number of ether oxygens (including phenoxy) is 2. The molecular formula is C24H22F3N3O3. The van der Waals surface area contributed by atoms with E-state index >= 15 is 0 Å². The van der Waals surface area contributed by atoms with Crippen LogP contribution in [0.2, 0.25) is 0 Å². The Morgan fingerprint density at radius 3 is 2.64 bits per heavy atom. The number of fused-ring (bicyclic) bond motifs is 1. The van der Waals surface area contributed by atoms with Gasteiger partial charge in [0, 0.05) is 24.1 Å². The summed E-state index contributed by atoms with van der Waals surface area (Å²) in [4.78, 5) is 17.2. The summed E-state index contributed by atoms with van der Waals surface area (Å²) in [6, 6.07) is 8.68. The Morgan fingerprint density at radius 1 is 1.33 bits per heavy atom. The molecule has 172 valence electrons. The lowest BCUT2D eigenvalue weighted by Gasteiger charge is -2.17. The molecule has 4 rings (SSSR count). The molecule has 9 heteroatoms. The first-order valence-electron chi connectivity index (χ1n) is 10.4. The van der Waals surface area contributed by atoms with Gasteiger partial charge in [0.05, 0.1) is 30.5 Å². The molecule has 1 aliphatic rings. The molecule has 1 saturated carbocycles. The number of imidazole rings is 1. The minimum atomic E-state index is -3.16. The van der Waals surface area contributed by atoms with E-state index in [0.29, 0.717) is 16.9 Å². The van der Waals surface area contributed by atoms with Crippen LogP contribution in [0, 0.1) is 17.2 Å². The van der Waals surface area contributed by atoms with Crippen molar-refractivity contribution in [3.63, 3.8) is 0 Å². The van der Waals surface area contributed by atoms with Crippen LogP contribution in [0.1, 0.15) is 42.6 Å². The van der Waals surface area contributed by atoms with Gasteiger partial charge in [-0.15, -0.1) is 0 Å². The molecule has 6 nitrogen and oxygen atoms in total. The van der Waals surface area contributed by atoms with Gasteiger partial charge in [-0.3, -0.25) is 9.20 Å². The third-order valence-corrected chi connectivity index (χ3v) is 5.87. The first kappa shape index (κ1) is 22.6. The fourth-order valence-electron chi connectivity index (χ4n) is 3.77. The van der Waals surface area contributed by atoms with Crippen molar-refractivity contribution in [2.45, 2.75) is 44.9 Å². The minimum absolute atomic E-state index is 0.0568. The Balaban J connectivity index is 1.80. The number of carbonyl (C=O) groups is 1. The number of benzene rings is 1. The molecule has 2 atom stereocenters. The van der Waals surface area contributed by atoms with Gasteiger partial charge in [-0.05, 0) is 50.1 Å². The maximum Gasteiger partial charge on any atom is 0.387 e. The maximum absolute atomic E-state index is 13.3. The third-order valence-electron chi connectivity index (χ3n) is 5.87. The van der Waals surface area contributed by atoms with Gasteiger partial charge in [0.1, 0.15) is 28.9 Å². The van der Waals surface area contributed by atoms with Crippen LogP contribution in [-0.2, 0) is 5.41 Å². The first-order valence-corrected chi connectivity index (χ1v) is 10.4. The topological polar surface area (TPSA) is 76.6 Å². The van der Waals surface area contributed by atoms with Gasteiger partial charge in [-0.2, -0.15) is 14.0 Å². The van der Waals surface area contributed by atoms with Crippen molar-refractivity contribution in [3.05, 3.63) is 47.8 Å². The Bertz CT molecular complexity index is 1260. The highest BCUT2D eigenvalue weighted by Crippen LogP contribution is 2.42. The van der Waals surface area contributed by atoms with Crippen molar-refractivity contribution >= 4 is 11.4 Å². The highest BCUT2D eigenvalue weighted by Gasteiger charge is 2.40. The average Bonchev–Trinajstić information content (AvgIpc) is 3.30. The molecule has 2 aromatic heterocycles. The van der Waals surface area contributed by atoms with E-state index in [-0.39, 0.29) is 29.9 Å². The van der Waals surface area contributed by atoms with Crippen LogP contribution in [0.15, 0.2) is 36.7 Å². The van der Waals surface area contributed by atoms with Crippen molar-refractivity contribution in [1.29, 1.82) is 5.26 Å². The van der Waals surface area contributed by atoms with Gasteiger partial charge >= 0.3 is 6.61 Å². The van der Waals surface area contributed by atoms with Crippen molar-refractivity contribution in [3.8, 4) is 28.8 Å². The monoisotopic (exact) mass is 457 g/mol. The number of aromatic nitrogens is 2. The summed E-state index contributed by atoms with van der Waals surface area (Å²) in [5.41, 5.74) is 1.48. The number of pyridine rings is 1. The second kappa shape index (κ2) is 8.43. The van der Waals surface area contributed by atoms with Crippen LogP contribution in [-0.4, -0.2) is 35.1 Å². The van der Waals surface area contributed by atoms with Gasteiger partial charge in [-0.1, -0.05) is 0 Å². The number of nitrogens with zero attached hydrogens (tertiary/aromatic N) is 3. The second-order valence-corrected chi connectivity index (χ2v) is 8.59. The molecule has 1 fully saturated rings. The van der Waals surface area contributed by atoms with Crippen molar-refractivity contribution < 1.29 is 27.4 Å². The molecule has 1 aromatic carbocycles. The lowest BCUT2D eigenvalue weighted by atomic mass is 9.87. The summed E-state index contributed by atoms with van der Waals surface area (Å²) < 4.78 is 51.4. The highest BCUT2D eigenvalue weighted by atomic mass is 19.3. The lowest BCUT2D eigenvalue weighted by molar-refractivity contribution is -0.0502. The molecule has 0 saturated heterocycles. The lowest BCUT2D eigenvalue weighted by Crippen LogP contribution is -2.14. The molecular weight excluding hydrogens is 435 g/mol. The van der Waals surface area contributed by atoms with E-state index in [1.807, 2.05) is 0 Å². The quantitative estimate of drug-likeness (QED) is 0.427. The molecule has 2 heterocycles. The molecule has 0 radical (unpaired) electrons. The number of rotatable bonds is 8. The Morgan fingerprint density at radius 2 is 2.03 bits per heavy atom. The van der Waals surface area contributed by atoms with E-state index in [1.54, 1.807) is 48.8 Å². The van der Waals surface area contributed by atoms with Crippen molar-refractivity contribution in [2.75, 3.05) is 7.11 Å². The number of halogens is 3. The summed E-state index contributed by atoms with van der Waals surface area (Å²) in [6.45, 7) is 0.429. The van der Waals surface area contributed by atoms with E-state index in [9.17, 15) is 23.2 Å². The SMILES string of the molecule is COc1cc(-c2cnc3cc(C(C)(C)C#N)ccn23)cc(OC(F)F)c1C(=O)C[C@H]1C[C@@H]1F. The van der Waals surface area contributed by atoms with E-state index in [1.165, 1.54) is 13.2 Å². The van der Waals surface area contributed by atoms with E-state index in [4.69, 9.17) is 4.74 Å². The Kier molecular flexibility index (Phi) is 5.78. The van der Waals surface area contributed by atoms with Crippen LogP contribution < -0.4 is 9.47 Å². The van der Waals surface area contributed by atoms with Gasteiger partial charge in [0.15, 0.2) is 5.78 Å². The molecule has 0 N–H and O–H groups in total. The maximum atomic E-state index is 13.3. The zero-order chi connectivity index (χ0) is 23.9. The van der Waals surface area contributed by atoms with E-state index in [2.05, 4.69) is 15.8 Å². The summed E-state index contributed by atoms with van der Waals surface area (Å²) in [5, 5.41) is 9.39. The molecule has 0 aliphatic heterocycles. The fraction of sp³-hybridized carbons (Fsp3) is 0.375. The van der Waals surface area contributed by atoms with Crippen LogP contribution in [0.4, 0.5) is 13.2 Å². The van der Waals surface area contributed by atoms with Gasteiger partial charge < -0.3 is 9.47 Å². The zero-order valence-electron chi connectivity index (χ0n) is 18.3. The Labute approximate surface area is 188 Å². The normalized spacial score (nSPS) is 17.8. The number of carbonyl (C=O) groups excluding carboxylic acids is 1. The van der Waals surface area contributed by atoms with Crippen molar-refractivity contribution in [2.24, 2.45) is 5.92 Å². The smallest absolute Gasteiger partial charge is 0.387 e. The molecule has 33 heavy (non-hydrogen) atoms. The zero-order valence-corrected chi connectivity index (χ0v) is 18.3. The number of hydrogen-bond acceptors (Lipinski definition) is 5. The van der Waals surface area contributed by atoms with Crippen LogP contribution in [0.5, 0.6) is 11.5 Å². The van der Waals surface area contributed by atoms with Gasteiger partial charge in [-0.25, -0.2) is 9.37 Å². The fourth-order valence-corrected chi connectivity index (χ4v) is 3.77. The van der Waals surface area contributed by atoms with Crippen molar-refractivity contribution in [1.82, 2.24) is 9.38 Å². The molecule has 0 unspecified atom stereocenters. The molecule has 0 amide bonds. The largest absolute Gasteiger partial charge is 0.496 e. The predicted octanol–water partition coefficient (Wildman–Crippen LogP) is 5.34.